The number of aromatic nitrogens is 2. The highest BCUT2D eigenvalue weighted by atomic mass is 32.2. The Morgan fingerprint density at radius 2 is 1.96 bits per heavy atom. The van der Waals surface area contributed by atoms with Crippen LogP contribution >= 0.6 is 11.8 Å². The van der Waals surface area contributed by atoms with Crippen LogP contribution in [0.15, 0.2) is 47.9 Å². The Hall–Kier alpha value is -1.43. The second kappa shape index (κ2) is 9.16. The van der Waals surface area contributed by atoms with Crippen molar-refractivity contribution < 1.29 is 4.74 Å². The zero-order valence-corrected chi connectivity index (χ0v) is 15.0. The third-order valence-electron chi connectivity index (χ3n) is 4.33. The summed E-state index contributed by atoms with van der Waals surface area (Å²) in [6.07, 6.45) is 9.65. The zero-order valence-electron chi connectivity index (χ0n) is 14.2. The SMILES string of the molecule is CSc1ncc(CN2CCO[C@@H](CCCc3ccccc3)C2)cn1. The Kier molecular flexibility index (Phi) is 6.64. The van der Waals surface area contributed by atoms with Gasteiger partial charge in [-0.05, 0) is 31.1 Å². The minimum atomic E-state index is 0.342. The van der Waals surface area contributed by atoms with E-state index in [2.05, 4.69) is 45.2 Å². The van der Waals surface area contributed by atoms with E-state index in [0.29, 0.717) is 6.10 Å². The molecule has 1 fully saturated rings. The molecule has 5 heteroatoms. The van der Waals surface area contributed by atoms with Crippen molar-refractivity contribution in [2.45, 2.75) is 37.1 Å². The standard InChI is InChI=1S/C19H25N3OS/c1-24-19-20-12-17(13-21-19)14-22-10-11-23-18(15-22)9-5-8-16-6-3-2-4-7-16/h2-4,6-7,12-13,18H,5,8-11,14-15H2,1H3/t18-/m0/s1. The number of ether oxygens (including phenoxy) is 1. The molecule has 4 nitrogen and oxygen atoms in total. The number of hydrogen-bond acceptors (Lipinski definition) is 5. The quantitative estimate of drug-likeness (QED) is 0.569. The molecule has 1 aliphatic heterocycles. The first-order chi connectivity index (χ1) is 11.8. The highest BCUT2D eigenvalue weighted by Crippen LogP contribution is 2.15. The van der Waals surface area contributed by atoms with E-state index in [1.165, 1.54) is 17.5 Å². The van der Waals surface area contributed by atoms with Gasteiger partial charge < -0.3 is 4.74 Å². The lowest BCUT2D eigenvalue weighted by molar-refractivity contribution is -0.0355. The van der Waals surface area contributed by atoms with Gasteiger partial charge in [0.15, 0.2) is 5.16 Å². The van der Waals surface area contributed by atoms with E-state index in [-0.39, 0.29) is 0 Å². The molecule has 1 saturated heterocycles. The topological polar surface area (TPSA) is 38.2 Å². The van der Waals surface area contributed by atoms with E-state index in [9.17, 15) is 0 Å². The van der Waals surface area contributed by atoms with Crippen LogP contribution in [0.4, 0.5) is 0 Å². The molecule has 0 aliphatic carbocycles. The van der Waals surface area contributed by atoms with Crippen molar-refractivity contribution in [2.24, 2.45) is 0 Å². The number of aryl methyl sites for hydroxylation is 1. The van der Waals surface area contributed by atoms with Crippen LogP contribution in [0, 0.1) is 0 Å². The maximum absolute atomic E-state index is 5.94. The summed E-state index contributed by atoms with van der Waals surface area (Å²) in [6, 6.07) is 10.7. The van der Waals surface area contributed by atoms with E-state index in [1.54, 1.807) is 11.8 Å². The van der Waals surface area contributed by atoms with Crippen LogP contribution in [0.2, 0.25) is 0 Å². The summed E-state index contributed by atoms with van der Waals surface area (Å²) in [5, 5.41) is 0.833. The molecule has 128 valence electrons. The molecule has 0 bridgehead atoms. The molecule has 1 aromatic heterocycles. The molecule has 1 aromatic carbocycles. The molecular formula is C19H25N3OS. The summed E-state index contributed by atoms with van der Waals surface area (Å²) in [4.78, 5) is 11.2. The highest BCUT2D eigenvalue weighted by molar-refractivity contribution is 7.98. The van der Waals surface area contributed by atoms with E-state index in [1.807, 2.05) is 18.6 Å². The average Bonchev–Trinajstić information content (AvgIpc) is 2.64. The van der Waals surface area contributed by atoms with Crippen LogP contribution in [-0.4, -0.2) is 46.9 Å². The second-order valence-corrected chi connectivity index (χ2v) is 6.96. The largest absolute Gasteiger partial charge is 0.376 e. The molecule has 0 radical (unpaired) electrons. The Balaban J connectivity index is 1.43. The number of morpholine rings is 1. The fourth-order valence-electron chi connectivity index (χ4n) is 3.07. The van der Waals surface area contributed by atoms with Gasteiger partial charge in [0.2, 0.25) is 0 Å². The monoisotopic (exact) mass is 343 g/mol. The van der Waals surface area contributed by atoms with Crippen LogP contribution in [-0.2, 0) is 17.7 Å². The van der Waals surface area contributed by atoms with Gasteiger partial charge in [0.05, 0.1) is 12.7 Å². The van der Waals surface area contributed by atoms with E-state index in [4.69, 9.17) is 4.74 Å². The van der Waals surface area contributed by atoms with Gasteiger partial charge in [0, 0.05) is 37.6 Å². The van der Waals surface area contributed by atoms with Crippen LogP contribution in [0.25, 0.3) is 0 Å². The van der Waals surface area contributed by atoms with Crippen LogP contribution in [0.5, 0.6) is 0 Å². The van der Waals surface area contributed by atoms with Crippen LogP contribution in [0.1, 0.15) is 24.0 Å². The summed E-state index contributed by atoms with van der Waals surface area (Å²) in [5.41, 5.74) is 2.59. The molecule has 1 atom stereocenters. The molecule has 0 amide bonds. The van der Waals surface area contributed by atoms with Gasteiger partial charge in [-0.3, -0.25) is 4.90 Å². The number of rotatable bonds is 7. The third-order valence-corrected chi connectivity index (χ3v) is 4.90. The third kappa shape index (κ3) is 5.30. The smallest absolute Gasteiger partial charge is 0.187 e. The zero-order chi connectivity index (χ0) is 16.6. The predicted molar refractivity (Wildman–Crippen MR) is 98.2 cm³/mol. The van der Waals surface area contributed by atoms with Crippen molar-refractivity contribution >= 4 is 11.8 Å². The average molecular weight is 343 g/mol. The predicted octanol–water partition coefficient (Wildman–Crippen LogP) is 3.42. The number of benzene rings is 1. The van der Waals surface area contributed by atoms with Gasteiger partial charge in [-0.1, -0.05) is 42.1 Å². The maximum atomic E-state index is 5.94. The first-order valence-electron chi connectivity index (χ1n) is 8.56. The lowest BCUT2D eigenvalue weighted by Crippen LogP contribution is -2.41. The summed E-state index contributed by atoms with van der Waals surface area (Å²) in [7, 11) is 0. The molecule has 0 unspecified atom stereocenters. The molecule has 3 rings (SSSR count). The lowest BCUT2D eigenvalue weighted by Gasteiger charge is -2.33. The molecule has 0 N–H and O–H groups in total. The molecule has 24 heavy (non-hydrogen) atoms. The fourth-order valence-corrected chi connectivity index (χ4v) is 3.38. The summed E-state index contributed by atoms with van der Waals surface area (Å²) in [5.74, 6) is 0. The molecule has 1 aliphatic rings. The number of thioether (sulfide) groups is 1. The molecule has 0 saturated carbocycles. The van der Waals surface area contributed by atoms with Gasteiger partial charge in [0.1, 0.15) is 0 Å². The van der Waals surface area contributed by atoms with Crippen LogP contribution < -0.4 is 0 Å². The van der Waals surface area contributed by atoms with Crippen molar-refractivity contribution in [2.75, 3.05) is 26.0 Å². The highest BCUT2D eigenvalue weighted by Gasteiger charge is 2.20. The first-order valence-corrected chi connectivity index (χ1v) is 9.79. The van der Waals surface area contributed by atoms with E-state index >= 15 is 0 Å². The Bertz CT molecular complexity index is 606. The van der Waals surface area contributed by atoms with E-state index < -0.39 is 0 Å². The van der Waals surface area contributed by atoms with Gasteiger partial charge in [-0.15, -0.1) is 0 Å². The summed E-state index contributed by atoms with van der Waals surface area (Å²) in [6.45, 7) is 3.71. The van der Waals surface area contributed by atoms with E-state index in [0.717, 1.165) is 44.2 Å². The van der Waals surface area contributed by atoms with Gasteiger partial charge in [-0.25, -0.2) is 9.97 Å². The molecule has 0 spiro atoms. The first kappa shape index (κ1) is 17.4. The molecule has 2 aromatic rings. The van der Waals surface area contributed by atoms with Gasteiger partial charge >= 0.3 is 0 Å². The number of hydrogen-bond donors (Lipinski definition) is 0. The second-order valence-electron chi connectivity index (χ2n) is 6.18. The Labute approximate surface area is 148 Å². The molecular weight excluding hydrogens is 318 g/mol. The summed E-state index contributed by atoms with van der Waals surface area (Å²) < 4.78 is 5.94. The normalized spacial score (nSPS) is 18.6. The number of nitrogens with zero attached hydrogens (tertiary/aromatic N) is 3. The van der Waals surface area contributed by atoms with Crippen molar-refractivity contribution in [1.29, 1.82) is 0 Å². The summed E-state index contributed by atoms with van der Waals surface area (Å²) >= 11 is 1.58. The maximum Gasteiger partial charge on any atom is 0.187 e. The minimum Gasteiger partial charge on any atom is -0.376 e. The Morgan fingerprint density at radius 1 is 1.17 bits per heavy atom. The van der Waals surface area contributed by atoms with Crippen molar-refractivity contribution in [3.05, 3.63) is 53.9 Å². The lowest BCUT2D eigenvalue weighted by atomic mass is 10.0. The minimum absolute atomic E-state index is 0.342. The molecule has 2 heterocycles. The van der Waals surface area contributed by atoms with Crippen molar-refractivity contribution in [3.8, 4) is 0 Å². The Morgan fingerprint density at radius 3 is 2.71 bits per heavy atom. The van der Waals surface area contributed by atoms with Gasteiger partial charge in [0.25, 0.3) is 0 Å². The van der Waals surface area contributed by atoms with Crippen molar-refractivity contribution in [1.82, 2.24) is 14.9 Å². The van der Waals surface area contributed by atoms with Gasteiger partial charge in [-0.2, -0.15) is 0 Å². The van der Waals surface area contributed by atoms with Crippen molar-refractivity contribution in [3.63, 3.8) is 0 Å². The fraction of sp³-hybridized carbons (Fsp3) is 0.474. The van der Waals surface area contributed by atoms with Crippen LogP contribution in [0.3, 0.4) is 0 Å².